The van der Waals surface area contributed by atoms with Gasteiger partial charge in [0.05, 0.1) is 30.7 Å². The summed E-state index contributed by atoms with van der Waals surface area (Å²) in [5.74, 6) is -0.0535. The van der Waals surface area contributed by atoms with Gasteiger partial charge in [-0.3, -0.25) is 15.0 Å². The molecule has 3 aromatic rings. The molecule has 1 fully saturated rings. The van der Waals surface area contributed by atoms with Crippen molar-refractivity contribution >= 4 is 16.8 Å². The average molecular weight is 383 g/mol. The van der Waals surface area contributed by atoms with Gasteiger partial charge in [-0.25, -0.2) is 14.1 Å². The van der Waals surface area contributed by atoms with E-state index in [2.05, 4.69) is 10.4 Å². The molecule has 144 valence electrons. The predicted molar refractivity (Wildman–Crippen MR) is 101 cm³/mol. The molecule has 2 aromatic carbocycles. The number of nitrogens with zero attached hydrogens (tertiary/aromatic N) is 2. The lowest BCUT2D eigenvalue weighted by Gasteiger charge is -2.15. The zero-order valence-electron chi connectivity index (χ0n) is 15.4. The number of amides is 1. The van der Waals surface area contributed by atoms with Gasteiger partial charge in [0.15, 0.2) is 11.5 Å². The van der Waals surface area contributed by atoms with Gasteiger partial charge in [-0.15, -0.1) is 0 Å². The van der Waals surface area contributed by atoms with Crippen molar-refractivity contribution in [1.29, 1.82) is 0 Å². The number of halogens is 1. The molecule has 4 rings (SSSR count). The smallest absolute Gasteiger partial charge is 0.280 e. The number of benzene rings is 2. The Morgan fingerprint density at radius 3 is 2.50 bits per heavy atom. The topological polar surface area (TPSA) is 82.5 Å². The van der Waals surface area contributed by atoms with E-state index in [1.54, 1.807) is 12.1 Å². The minimum absolute atomic E-state index is 0.0612. The normalized spacial score (nSPS) is 13.4. The van der Waals surface area contributed by atoms with Gasteiger partial charge in [-0.1, -0.05) is 12.1 Å². The first-order chi connectivity index (χ1) is 13.5. The van der Waals surface area contributed by atoms with Gasteiger partial charge >= 0.3 is 0 Å². The highest BCUT2D eigenvalue weighted by Crippen LogP contribution is 2.39. The Kier molecular flexibility index (Phi) is 4.46. The van der Waals surface area contributed by atoms with Crippen LogP contribution in [-0.4, -0.2) is 29.8 Å². The number of rotatable bonds is 5. The second-order valence-corrected chi connectivity index (χ2v) is 6.53. The molecule has 1 N–H and O–H groups in total. The lowest BCUT2D eigenvalue weighted by Crippen LogP contribution is -2.36. The fourth-order valence-electron chi connectivity index (χ4n) is 3.06. The maximum absolute atomic E-state index is 14.0. The van der Waals surface area contributed by atoms with E-state index >= 15 is 0 Å². The summed E-state index contributed by atoms with van der Waals surface area (Å²) in [4.78, 5) is 30.2. The van der Waals surface area contributed by atoms with Gasteiger partial charge in [0.2, 0.25) is 0 Å². The Bertz CT molecular complexity index is 1140. The number of methoxy groups -OCH3 is 2. The molecule has 1 aliphatic carbocycles. The van der Waals surface area contributed by atoms with Gasteiger partial charge in [-0.2, -0.15) is 0 Å². The SMILES string of the molecule is COc1cc2nc(C3CC3)n(NC(=O)c3ccccc3F)c(=O)c2cc1OC. The largest absolute Gasteiger partial charge is 0.493 e. The van der Waals surface area contributed by atoms with E-state index in [1.165, 1.54) is 38.5 Å². The lowest BCUT2D eigenvalue weighted by molar-refractivity contribution is 0.100. The fourth-order valence-corrected chi connectivity index (χ4v) is 3.06. The van der Waals surface area contributed by atoms with E-state index in [4.69, 9.17) is 9.47 Å². The van der Waals surface area contributed by atoms with Crippen molar-refractivity contribution in [2.24, 2.45) is 0 Å². The standard InChI is InChI=1S/C20H18FN3O4/c1-27-16-9-13-15(10-17(16)28-2)22-18(11-7-8-11)24(20(13)26)23-19(25)12-5-3-4-6-14(12)21/h3-6,9-11H,7-8H2,1-2H3,(H,23,25). The maximum Gasteiger partial charge on any atom is 0.280 e. The van der Waals surface area contributed by atoms with E-state index in [9.17, 15) is 14.0 Å². The van der Waals surface area contributed by atoms with Crippen LogP contribution in [0.25, 0.3) is 10.9 Å². The highest BCUT2D eigenvalue weighted by Gasteiger charge is 2.31. The summed E-state index contributed by atoms with van der Waals surface area (Å²) in [5, 5.41) is 0.260. The molecule has 7 nitrogen and oxygen atoms in total. The van der Waals surface area contributed by atoms with Crippen LogP contribution in [0.1, 0.15) is 34.9 Å². The Morgan fingerprint density at radius 1 is 1.18 bits per heavy atom. The van der Waals surface area contributed by atoms with E-state index < -0.39 is 17.3 Å². The van der Waals surface area contributed by atoms with Crippen molar-refractivity contribution in [2.75, 3.05) is 19.6 Å². The van der Waals surface area contributed by atoms with Crippen molar-refractivity contribution in [3.8, 4) is 11.5 Å². The van der Waals surface area contributed by atoms with Crippen molar-refractivity contribution in [1.82, 2.24) is 9.66 Å². The van der Waals surface area contributed by atoms with Crippen LogP contribution in [0, 0.1) is 5.82 Å². The van der Waals surface area contributed by atoms with E-state index in [-0.39, 0.29) is 16.9 Å². The first-order valence-electron chi connectivity index (χ1n) is 8.78. The molecule has 1 amide bonds. The van der Waals surface area contributed by atoms with Crippen LogP contribution < -0.4 is 20.5 Å². The van der Waals surface area contributed by atoms with Crippen LogP contribution in [0.2, 0.25) is 0 Å². The Hall–Kier alpha value is -3.42. The van der Waals surface area contributed by atoms with Crippen molar-refractivity contribution < 1.29 is 18.7 Å². The van der Waals surface area contributed by atoms with Crippen LogP contribution >= 0.6 is 0 Å². The third-order valence-corrected chi connectivity index (χ3v) is 4.67. The minimum atomic E-state index is -0.719. The minimum Gasteiger partial charge on any atom is -0.493 e. The summed E-state index contributed by atoms with van der Waals surface area (Å²) >= 11 is 0. The van der Waals surface area contributed by atoms with E-state index in [0.29, 0.717) is 22.8 Å². The monoisotopic (exact) mass is 383 g/mol. The molecule has 0 spiro atoms. The predicted octanol–water partition coefficient (Wildman–Crippen LogP) is 2.81. The second-order valence-electron chi connectivity index (χ2n) is 6.53. The molecule has 0 saturated heterocycles. The first kappa shape index (κ1) is 18.0. The third-order valence-electron chi connectivity index (χ3n) is 4.67. The lowest BCUT2D eigenvalue weighted by atomic mass is 10.2. The summed E-state index contributed by atoms with van der Waals surface area (Å²) in [6.45, 7) is 0. The van der Waals surface area contributed by atoms with Gasteiger partial charge in [0.1, 0.15) is 11.6 Å². The molecule has 0 unspecified atom stereocenters. The number of carbonyl (C=O) groups excluding carboxylic acids is 1. The molecule has 0 radical (unpaired) electrons. The third kappa shape index (κ3) is 3.06. The van der Waals surface area contributed by atoms with Gasteiger partial charge in [0.25, 0.3) is 11.5 Å². The molecule has 0 atom stereocenters. The summed E-state index contributed by atoms with van der Waals surface area (Å²) in [6.07, 6.45) is 1.72. The number of hydrogen-bond donors (Lipinski definition) is 1. The molecule has 1 aromatic heterocycles. The first-order valence-corrected chi connectivity index (χ1v) is 8.78. The number of hydrogen-bond acceptors (Lipinski definition) is 5. The Morgan fingerprint density at radius 2 is 1.86 bits per heavy atom. The molecule has 1 heterocycles. The van der Waals surface area contributed by atoms with Gasteiger partial charge in [0, 0.05) is 12.0 Å². The van der Waals surface area contributed by atoms with Crippen LogP contribution in [0.15, 0.2) is 41.2 Å². The molecule has 0 bridgehead atoms. The zero-order valence-corrected chi connectivity index (χ0v) is 15.4. The highest BCUT2D eigenvalue weighted by atomic mass is 19.1. The number of nitrogens with one attached hydrogen (secondary N) is 1. The summed E-state index contributed by atoms with van der Waals surface area (Å²) < 4.78 is 25.6. The Balaban J connectivity index is 1.86. The number of aromatic nitrogens is 2. The van der Waals surface area contributed by atoms with Crippen LogP contribution in [-0.2, 0) is 0 Å². The van der Waals surface area contributed by atoms with Crippen molar-refractivity contribution in [2.45, 2.75) is 18.8 Å². The van der Waals surface area contributed by atoms with Gasteiger partial charge < -0.3 is 9.47 Å². The molecular formula is C20H18FN3O4. The van der Waals surface area contributed by atoms with Crippen molar-refractivity contribution in [3.05, 3.63) is 64.0 Å². The second kappa shape index (κ2) is 6.95. The molecule has 28 heavy (non-hydrogen) atoms. The number of carbonyl (C=O) groups is 1. The molecular weight excluding hydrogens is 365 g/mol. The van der Waals surface area contributed by atoms with Gasteiger partial charge in [-0.05, 0) is 31.0 Å². The fraction of sp³-hybridized carbons (Fsp3) is 0.250. The van der Waals surface area contributed by atoms with E-state index in [1.807, 2.05) is 0 Å². The number of ether oxygens (including phenoxy) is 2. The van der Waals surface area contributed by atoms with Crippen LogP contribution in [0.3, 0.4) is 0 Å². The summed E-state index contributed by atoms with van der Waals surface area (Å²) in [7, 11) is 2.97. The van der Waals surface area contributed by atoms with Crippen molar-refractivity contribution in [3.63, 3.8) is 0 Å². The zero-order chi connectivity index (χ0) is 19.8. The Labute approximate surface area is 159 Å². The van der Waals surface area contributed by atoms with E-state index in [0.717, 1.165) is 17.5 Å². The van der Waals surface area contributed by atoms with Crippen LogP contribution in [0.4, 0.5) is 4.39 Å². The molecule has 1 aliphatic rings. The maximum atomic E-state index is 14.0. The summed E-state index contributed by atoms with van der Waals surface area (Å²) in [6, 6.07) is 8.74. The quantitative estimate of drug-likeness (QED) is 0.733. The highest BCUT2D eigenvalue weighted by molar-refractivity contribution is 6.00. The summed E-state index contributed by atoms with van der Waals surface area (Å²) in [5.41, 5.74) is 2.34. The number of fused-ring (bicyclic) bond motifs is 1. The van der Waals surface area contributed by atoms with Crippen LogP contribution in [0.5, 0.6) is 11.5 Å². The molecule has 0 aliphatic heterocycles. The molecule has 1 saturated carbocycles. The molecule has 8 heteroatoms. The average Bonchev–Trinajstić information content (AvgIpc) is 3.54.